The SMILES string of the molecule is CCCCCCOc1ccc(-c2ccc(OCC(C)CC)cc2)nn1. The lowest BCUT2D eigenvalue weighted by Crippen LogP contribution is -2.07. The second-order valence-corrected chi connectivity index (χ2v) is 6.51. The summed E-state index contributed by atoms with van der Waals surface area (Å²) in [7, 11) is 0. The largest absolute Gasteiger partial charge is 0.493 e. The number of unbranched alkanes of at least 4 members (excludes halogenated alkanes) is 3. The Morgan fingerprint density at radius 3 is 2.32 bits per heavy atom. The number of rotatable bonds is 11. The fraction of sp³-hybridized carbons (Fsp3) is 0.524. The van der Waals surface area contributed by atoms with E-state index in [4.69, 9.17) is 9.47 Å². The molecule has 0 bridgehead atoms. The van der Waals surface area contributed by atoms with Crippen LogP contribution in [0.5, 0.6) is 11.6 Å². The van der Waals surface area contributed by atoms with Gasteiger partial charge in [0, 0.05) is 11.6 Å². The van der Waals surface area contributed by atoms with E-state index in [1.165, 1.54) is 19.3 Å². The first-order valence-corrected chi connectivity index (χ1v) is 9.42. The van der Waals surface area contributed by atoms with Gasteiger partial charge in [0.25, 0.3) is 0 Å². The third-order valence-corrected chi connectivity index (χ3v) is 4.27. The number of benzene rings is 1. The molecule has 0 fully saturated rings. The molecule has 1 heterocycles. The summed E-state index contributed by atoms with van der Waals surface area (Å²) in [5.41, 5.74) is 1.87. The normalized spacial score (nSPS) is 12.0. The van der Waals surface area contributed by atoms with E-state index in [0.29, 0.717) is 18.4 Å². The van der Waals surface area contributed by atoms with Gasteiger partial charge in [0.05, 0.1) is 18.9 Å². The number of ether oxygens (including phenoxy) is 2. The van der Waals surface area contributed by atoms with Crippen LogP contribution in [-0.2, 0) is 0 Å². The molecule has 1 aromatic heterocycles. The maximum Gasteiger partial charge on any atom is 0.233 e. The van der Waals surface area contributed by atoms with Crippen molar-refractivity contribution in [3.8, 4) is 22.9 Å². The highest BCUT2D eigenvalue weighted by Crippen LogP contribution is 2.22. The lowest BCUT2D eigenvalue weighted by atomic mass is 10.1. The van der Waals surface area contributed by atoms with E-state index in [-0.39, 0.29) is 0 Å². The van der Waals surface area contributed by atoms with Crippen LogP contribution in [0.15, 0.2) is 36.4 Å². The molecule has 0 saturated carbocycles. The van der Waals surface area contributed by atoms with Gasteiger partial charge >= 0.3 is 0 Å². The van der Waals surface area contributed by atoms with E-state index in [2.05, 4.69) is 31.0 Å². The zero-order valence-corrected chi connectivity index (χ0v) is 15.7. The van der Waals surface area contributed by atoms with Crippen LogP contribution in [0, 0.1) is 5.92 Å². The van der Waals surface area contributed by atoms with Crippen molar-refractivity contribution < 1.29 is 9.47 Å². The molecule has 0 radical (unpaired) electrons. The molecule has 4 nitrogen and oxygen atoms in total. The molecule has 25 heavy (non-hydrogen) atoms. The minimum absolute atomic E-state index is 0.570. The highest BCUT2D eigenvalue weighted by molar-refractivity contribution is 5.59. The molecule has 136 valence electrons. The van der Waals surface area contributed by atoms with E-state index in [1.54, 1.807) is 0 Å². The van der Waals surface area contributed by atoms with Gasteiger partial charge < -0.3 is 9.47 Å². The maximum absolute atomic E-state index is 5.78. The predicted octanol–water partition coefficient (Wildman–Crippen LogP) is 5.53. The van der Waals surface area contributed by atoms with Crippen molar-refractivity contribution >= 4 is 0 Å². The van der Waals surface area contributed by atoms with E-state index in [1.807, 2.05) is 36.4 Å². The van der Waals surface area contributed by atoms with Crippen LogP contribution < -0.4 is 9.47 Å². The van der Waals surface area contributed by atoms with E-state index in [0.717, 1.165) is 36.5 Å². The average molecular weight is 342 g/mol. The molecule has 4 heteroatoms. The lowest BCUT2D eigenvalue weighted by Gasteiger charge is -2.11. The summed E-state index contributed by atoms with van der Waals surface area (Å²) in [6.07, 6.45) is 5.88. The third-order valence-electron chi connectivity index (χ3n) is 4.27. The second-order valence-electron chi connectivity index (χ2n) is 6.51. The van der Waals surface area contributed by atoms with Crippen LogP contribution in [0.3, 0.4) is 0 Å². The summed E-state index contributed by atoms with van der Waals surface area (Å²) in [5, 5.41) is 8.43. The minimum Gasteiger partial charge on any atom is -0.493 e. The highest BCUT2D eigenvalue weighted by atomic mass is 16.5. The van der Waals surface area contributed by atoms with Crippen LogP contribution in [-0.4, -0.2) is 23.4 Å². The topological polar surface area (TPSA) is 44.2 Å². The van der Waals surface area contributed by atoms with Crippen molar-refractivity contribution in [2.24, 2.45) is 5.92 Å². The van der Waals surface area contributed by atoms with Crippen molar-refractivity contribution in [3.63, 3.8) is 0 Å². The van der Waals surface area contributed by atoms with Crippen molar-refractivity contribution in [2.75, 3.05) is 13.2 Å². The Morgan fingerprint density at radius 2 is 1.68 bits per heavy atom. The molecule has 0 aliphatic rings. The Morgan fingerprint density at radius 1 is 0.880 bits per heavy atom. The standard InChI is InChI=1S/C21H30N2O2/c1-4-6-7-8-15-24-21-14-13-20(22-23-21)18-9-11-19(12-10-18)25-16-17(3)5-2/h9-14,17H,4-8,15-16H2,1-3H3. The first-order valence-electron chi connectivity index (χ1n) is 9.42. The summed E-state index contributed by atoms with van der Waals surface area (Å²) < 4.78 is 11.4. The Hall–Kier alpha value is -2.10. The number of hydrogen-bond donors (Lipinski definition) is 0. The molecular weight excluding hydrogens is 312 g/mol. The van der Waals surface area contributed by atoms with Crippen molar-refractivity contribution in [1.29, 1.82) is 0 Å². The second kappa shape index (κ2) is 10.7. The van der Waals surface area contributed by atoms with Crippen molar-refractivity contribution in [3.05, 3.63) is 36.4 Å². The third kappa shape index (κ3) is 6.73. The molecule has 1 unspecified atom stereocenters. The molecule has 0 N–H and O–H groups in total. The van der Waals surface area contributed by atoms with Gasteiger partial charge in [-0.05, 0) is 42.7 Å². The number of hydrogen-bond acceptors (Lipinski definition) is 4. The van der Waals surface area contributed by atoms with E-state index in [9.17, 15) is 0 Å². The molecule has 1 atom stereocenters. The van der Waals surface area contributed by atoms with Gasteiger partial charge in [-0.2, -0.15) is 0 Å². The van der Waals surface area contributed by atoms with Gasteiger partial charge in [-0.25, -0.2) is 0 Å². The smallest absolute Gasteiger partial charge is 0.233 e. The lowest BCUT2D eigenvalue weighted by molar-refractivity contribution is 0.256. The van der Waals surface area contributed by atoms with Gasteiger partial charge in [0.15, 0.2) is 0 Å². The fourth-order valence-corrected chi connectivity index (χ4v) is 2.33. The Kier molecular flexibility index (Phi) is 8.23. The molecule has 0 amide bonds. The Bertz CT molecular complexity index is 596. The summed E-state index contributed by atoms with van der Waals surface area (Å²) in [5.74, 6) is 2.05. The van der Waals surface area contributed by atoms with Crippen LogP contribution in [0.1, 0.15) is 52.9 Å². The van der Waals surface area contributed by atoms with Gasteiger partial charge in [-0.3, -0.25) is 0 Å². The minimum atomic E-state index is 0.570. The zero-order valence-electron chi connectivity index (χ0n) is 15.7. The highest BCUT2D eigenvalue weighted by Gasteiger charge is 2.04. The molecule has 1 aromatic carbocycles. The Labute approximate surface area is 151 Å². The quantitative estimate of drug-likeness (QED) is 0.504. The van der Waals surface area contributed by atoms with Gasteiger partial charge in [-0.15, -0.1) is 10.2 Å². The molecular formula is C21H30N2O2. The van der Waals surface area contributed by atoms with Crippen molar-refractivity contribution in [1.82, 2.24) is 10.2 Å². The number of nitrogens with zero attached hydrogens (tertiary/aromatic N) is 2. The van der Waals surface area contributed by atoms with E-state index >= 15 is 0 Å². The van der Waals surface area contributed by atoms with Gasteiger partial charge in [-0.1, -0.05) is 46.5 Å². The van der Waals surface area contributed by atoms with Gasteiger partial charge in [0.1, 0.15) is 5.75 Å². The molecule has 0 aliphatic heterocycles. The van der Waals surface area contributed by atoms with Gasteiger partial charge in [0.2, 0.25) is 5.88 Å². The van der Waals surface area contributed by atoms with Crippen LogP contribution in [0.25, 0.3) is 11.3 Å². The average Bonchev–Trinajstić information content (AvgIpc) is 2.67. The molecule has 0 spiro atoms. The first kappa shape index (κ1) is 19.2. The molecule has 0 saturated heterocycles. The summed E-state index contributed by atoms with van der Waals surface area (Å²) in [6.45, 7) is 8.03. The summed E-state index contributed by atoms with van der Waals surface area (Å²) >= 11 is 0. The van der Waals surface area contributed by atoms with Crippen LogP contribution in [0.2, 0.25) is 0 Å². The molecule has 0 aliphatic carbocycles. The maximum atomic E-state index is 5.78. The molecule has 2 rings (SSSR count). The Balaban J connectivity index is 1.84. The fourth-order valence-electron chi connectivity index (χ4n) is 2.33. The summed E-state index contributed by atoms with van der Waals surface area (Å²) in [6, 6.07) is 11.8. The molecule has 2 aromatic rings. The zero-order chi connectivity index (χ0) is 17.9. The van der Waals surface area contributed by atoms with Crippen LogP contribution in [0.4, 0.5) is 0 Å². The first-order chi connectivity index (χ1) is 12.2. The van der Waals surface area contributed by atoms with E-state index < -0.39 is 0 Å². The number of aromatic nitrogens is 2. The van der Waals surface area contributed by atoms with Crippen LogP contribution >= 0.6 is 0 Å². The monoisotopic (exact) mass is 342 g/mol. The van der Waals surface area contributed by atoms with Crippen molar-refractivity contribution in [2.45, 2.75) is 52.9 Å². The summed E-state index contributed by atoms with van der Waals surface area (Å²) in [4.78, 5) is 0. The predicted molar refractivity (Wildman–Crippen MR) is 102 cm³/mol.